The number of aromatic nitrogens is 1. The molecule has 0 atom stereocenters. The van der Waals surface area contributed by atoms with E-state index in [9.17, 15) is 4.79 Å². The van der Waals surface area contributed by atoms with Gasteiger partial charge in [0.15, 0.2) is 0 Å². The highest BCUT2D eigenvalue weighted by atomic mass is 16.2. The van der Waals surface area contributed by atoms with Crippen LogP contribution in [0.5, 0.6) is 0 Å². The van der Waals surface area contributed by atoms with Crippen molar-refractivity contribution in [1.82, 2.24) is 9.88 Å². The summed E-state index contributed by atoms with van der Waals surface area (Å²) in [5.74, 6) is 0.0328. The molecule has 0 aliphatic carbocycles. The molecule has 0 radical (unpaired) electrons. The van der Waals surface area contributed by atoms with E-state index in [0.29, 0.717) is 12.2 Å². The molecular weight excluding hydrogens is 238 g/mol. The summed E-state index contributed by atoms with van der Waals surface area (Å²) >= 11 is 0. The average Bonchev–Trinajstić information content (AvgIpc) is 2.47. The molecule has 0 saturated carbocycles. The third-order valence-electron chi connectivity index (χ3n) is 3.13. The van der Waals surface area contributed by atoms with Gasteiger partial charge in [0.05, 0.1) is 0 Å². The molecule has 0 fully saturated rings. The van der Waals surface area contributed by atoms with E-state index in [1.165, 1.54) is 0 Å². The second kappa shape index (κ2) is 8.64. The van der Waals surface area contributed by atoms with Crippen molar-refractivity contribution in [3.63, 3.8) is 0 Å². The summed E-state index contributed by atoms with van der Waals surface area (Å²) in [4.78, 5) is 18.5. The second-order valence-electron chi connectivity index (χ2n) is 4.76. The van der Waals surface area contributed by atoms with Crippen LogP contribution in [-0.2, 0) is 6.54 Å². The Kier molecular flexibility index (Phi) is 7.11. The minimum Gasteiger partial charge on any atom is -0.337 e. The summed E-state index contributed by atoms with van der Waals surface area (Å²) in [6.45, 7) is 6.36. The van der Waals surface area contributed by atoms with Gasteiger partial charge in [-0.1, -0.05) is 32.8 Å². The van der Waals surface area contributed by atoms with Crippen LogP contribution in [0.25, 0.3) is 0 Å². The lowest BCUT2D eigenvalue weighted by atomic mass is 10.2. The quantitative estimate of drug-likeness (QED) is 0.784. The van der Waals surface area contributed by atoms with Gasteiger partial charge >= 0.3 is 0 Å². The number of hydrogen-bond acceptors (Lipinski definition) is 3. The molecule has 1 heterocycles. The van der Waals surface area contributed by atoms with E-state index in [2.05, 4.69) is 18.8 Å². The monoisotopic (exact) mass is 263 g/mol. The lowest BCUT2D eigenvalue weighted by molar-refractivity contribution is 0.0745. The Morgan fingerprint density at radius 2 is 1.84 bits per heavy atom. The van der Waals surface area contributed by atoms with Crippen molar-refractivity contribution in [2.75, 3.05) is 13.1 Å². The molecule has 19 heavy (non-hydrogen) atoms. The highest BCUT2D eigenvalue weighted by molar-refractivity contribution is 5.92. The van der Waals surface area contributed by atoms with Crippen molar-refractivity contribution in [3.05, 3.63) is 29.6 Å². The summed E-state index contributed by atoms with van der Waals surface area (Å²) < 4.78 is 0. The number of amides is 1. The van der Waals surface area contributed by atoms with E-state index in [4.69, 9.17) is 5.73 Å². The number of carbonyl (C=O) groups excluding carboxylic acids is 1. The molecule has 4 nitrogen and oxygen atoms in total. The fraction of sp³-hybridized carbons (Fsp3) is 0.600. The van der Waals surface area contributed by atoms with Gasteiger partial charge in [-0.2, -0.15) is 0 Å². The summed E-state index contributed by atoms with van der Waals surface area (Å²) in [5.41, 5.74) is 7.00. The predicted octanol–water partition coefficient (Wildman–Crippen LogP) is 2.58. The highest BCUT2D eigenvalue weighted by Gasteiger charge is 2.15. The Bertz CT molecular complexity index is 367. The topological polar surface area (TPSA) is 59.2 Å². The van der Waals surface area contributed by atoms with E-state index < -0.39 is 0 Å². The van der Waals surface area contributed by atoms with Crippen LogP contribution in [0.3, 0.4) is 0 Å². The maximum atomic E-state index is 12.4. The fourth-order valence-electron chi connectivity index (χ4n) is 1.85. The maximum absolute atomic E-state index is 12.4. The number of carbonyl (C=O) groups is 1. The van der Waals surface area contributed by atoms with Gasteiger partial charge in [-0.25, -0.2) is 0 Å². The molecule has 0 aliphatic rings. The van der Waals surface area contributed by atoms with E-state index in [1.807, 2.05) is 11.0 Å². The second-order valence-corrected chi connectivity index (χ2v) is 4.76. The molecule has 1 rings (SSSR count). The van der Waals surface area contributed by atoms with Crippen LogP contribution in [0.1, 0.15) is 55.6 Å². The standard InChI is InChI=1S/C15H25N3O/c1-3-5-9-18(10-6-4-2)15(19)14-8-7-13(11-16)12-17-14/h7-8,12H,3-6,9-11,16H2,1-2H3. The van der Waals surface area contributed by atoms with Crippen LogP contribution in [0.15, 0.2) is 18.3 Å². The molecule has 2 N–H and O–H groups in total. The first-order chi connectivity index (χ1) is 9.22. The fourth-order valence-corrected chi connectivity index (χ4v) is 1.85. The summed E-state index contributed by atoms with van der Waals surface area (Å²) in [6.07, 6.45) is 5.95. The Morgan fingerprint density at radius 1 is 1.21 bits per heavy atom. The number of pyridine rings is 1. The average molecular weight is 263 g/mol. The molecule has 4 heteroatoms. The smallest absolute Gasteiger partial charge is 0.272 e. The van der Waals surface area contributed by atoms with Crippen molar-refractivity contribution in [2.45, 2.75) is 46.1 Å². The Hall–Kier alpha value is -1.42. The molecule has 0 aromatic carbocycles. The summed E-state index contributed by atoms with van der Waals surface area (Å²) in [7, 11) is 0. The van der Waals surface area contributed by atoms with Gasteiger partial charge in [-0.15, -0.1) is 0 Å². The molecule has 0 unspecified atom stereocenters. The lowest BCUT2D eigenvalue weighted by Crippen LogP contribution is -2.33. The third kappa shape index (κ3) is 4.99. The Balaban J connectivity index is 2.72. The van der Waals surface area contributed by atoms with Gasteiger partial charge in [0.25, 0.3) is 5.91 Å². The maximum Gasteiger partial charge on any atom is 0.272 e. The van der Waals surface area contributed by atoms with Crippen molar-refractivity contribution >= 4 is 5.91 Å². The first-order valence-electron chi connectivity index (χ1n) is 7.17. The third-order valence-corrected chi connectivity index (χ3v) is 3.13. The number of nitrogens with two attached hydrogens (primary N) is 1. The van der Waals surface area contributed by atoms with E-state index in [0.717, 1.165) is 44.3 Å². The van der Waals surface area contributed by atoms with Crippen molar-refractivity contribution in [1.29, 1.82) is 0 Å². The van der Waals surface area contributed by atoms with Crippen LogP contribution in [0.4, 0.5) is 0 Å². The van der Waals surface area contributed by atoms with Crippen LogP contribution < -0.4 is 5.73 Å². The van der Waals surface area contributed by atoms with Crippen molar-refractivity contribution in [3.8, 4) is 0 Å². The normalized spacial score (nSPS) is 10.5. The van der Waals surface area contributed by atoms with Crippen molar-refractivity contribution in [2.24, 2.45) is 5.73 Å². The van der Waals surface area contributed by atoms with E-state index >= 15 is 0 Å². The van der Waals surface area contributed by atoms with Gasteiger partial charge in [-0.05, 0) is 24.5 Å². The summed E-state index contributed by atoms with van der Waals surface area (Å²) in [5, 5.41) is 0. The highest BCUT2D eigenvalue weighted by Crippen LogP contribution is 2.07. The zero-order chi connectivity index (χ0) is 14.1. The molecule has 0 saturated heterocycles. The molecular formula is C15H25N3O. The molecule has 1 amide bonds. The SMILES string of the molecule is CCCCN(CCCC)C(=O)c1ccc(CN)cn1. The molecule has 1 aromatic rings. The zero-order valence-corrected chi connectivity index (χ0v) is 12.1. The van der Waals surface area contributed by atoms with Gasteiger partial charge in [0, 0.05) is 25.8 Å². The molecule has 1 aromatic heterocycles. The van der Waals surface area contributed by atoms with Gasteiger partial charge in [-0.3, -0.25) is 9.78 Å². The Morgan fingerprint density at radius 3 is 2.26 bits per heavy atom. The summed E-state index contributed by atoms with van der Waals surface area (Å²) in [6, 6.07) is 3.65. The molecule has 106 valence electrons. The molecule has 0 spiro atoms. The number of unbranched alkanes of at least 4 members (excludes halogenated alkanes) is 2. The first kappa shape index (κ1) is 15.6. The van der Waals surface area contributed by atoms with Gasteiger partial charge in [0.1, 0.15) is 5.69 Å². The predicted molar refractivity (Wildman–Crippen MR) is 77.8 cm³/mol. The molecule has 0 aliphatic heterocycles. The molecule has 0 bridgehead atoms. The number of rotatable bonds is 8. The number of nitrogens with zero attached hydrogens (tertiary/aromatic N) is 2. The van der Waals surface area contributed by atoms with Crippen LogP contribution in [0, 0.1) is 0 Å². The van der Waals surface area contributed by atoms with Crippen molar-refractivity contribution < 1.29 is 4.79 Å². The first-order valence-corrected chi connectivity index (χ1v) is 7.17. The van der Waals surface area contributed by atoms with Crippen LogP contribution >= 0.6 is 0 Å². The lowest BCUT2D eigenvalue weighted by Gasteiger charge is -2.22. The number of hydrogen-bond donors (Lipinski definition) is 1. The minimum absolute atomic E-state index is 0.0328. The zero-order valence-electron chi connectivity index (χ0n) is 12.1. The largest absolute Gasteiger partial charge is 0.337 e. The Labute approximate surface area is 116 Å². The van der Waals surface area contributed by atoms with Gasteiger partial charge < -0.3 is 10.6 Å². The van der Waals surface area contributed by atoms with E-state index in [1.54, 1.807) is 12.3 Å². The minimum atomic E-state index is 0.0328. The van der Waals surface area contributed by atoms with E-state index in [-0.39, 0.29) is 5.91 Å². The van der Waals surface area contributed by atoms with Gasteiger partial charge in [0.2, 0.25) is 0 Å². The van der Waals surface area contributed by atoms with Crippen LogP contribution in [0.2, 0.25) is 0 Å². The van der Waals surface area contributed by atoms with Crippen LogP contribution in [-0.4, -0.2) is 28.9 Å².